The lowest BCUT2D eigenvalue weighted by Gasteiger charge is -2.35. The molecule has 0 N–H and O–H groups in total. The SMILES string of the molecule is FC(F)(F)COc1cnc(C(F)(F)C(F)(F)C(F)(F)C(F)(F)c2ncc(OCC(F)(F)F)cn2)nc1. The predicted octanol–water partition coefficient (Wildman–Crippen LogP) is 5.30. The Bertz CT molecular complexity index is 940. The van der Waals surface area contributed by atoms with Crippen LogP contribution in [0.4, 0.5) is 61.5 Å². The van der Waals surface area contributed by atoms with E-state index >= 15 is 0 Å². The first-order chi connectivity index (χ1) is 16.1. The van der Waals surface area contributed by atoms with Crippen LogP contribution in [-0.4, -0.2) is 57.3 Å². The summed E-state index contributed by atoms with van der Waals surface area (Å²) in [7, 11) is 0. The van der Waals surface area contributed by atoms with E-state index in [9.17, 15) is 61.5 Å². The normalized spacial score (nSPS) is 14.1. The molecule has 0 aliphatic rings. The van der Waals surface area contributed by atoms with Gasteiger partial charge in [-0.1, -0.05) is 0 Å². The van der Waals surface area contributed by atoms with E-state index in [-0.39, 0.29) is 24.8 Å². The Morgan fingerprint density at radius 2 is 0.722 bits per heavy atom. The molecule has 0 saturated carbocycles. The third-order valence-corrected chi connectivity index (χ3v) is 3.81. The van der Waals surface area contributed by atoms with Crippen molar-refractivity contribution in [1.29, 1.82) is 0 Å². The van der Waals surface area contributed by atoms with Gasteiger partial charge < -0.3 is 9.47 Å². The van der Waals surface area contributed by atoms with Gasteiger partial charge in [0.25, 0.3) is 0 Å². The van der Waals surface area contributed by atoms with Crippen LogP contribution in [0.25, 0.3) is 0 Å². The molecule has 0 aliphatic carbocycles. The Labute approximate surface area is 189 Å². The fourth-order valence-electron chi connectivity index (χ4n) is 2.11. The number of hydrogen-bond acceptors (Lipinski definition) is 6. The van der Waals surface area contributed by atoms with Gasteiger partial charge in [-0.15, -0.1) is 0 Å². The highest BCUT2D eigenvalue weighted by molar-refractivity contribution is 5.20. The largest absolute Gasteiger partial charge is 0.481 e. The van der Waals surface area contributed by atoms with Crippen molar-refractivity contribution in [2.75, 3.05) is 13.2 Å². The van der Waals surface area contributed by atoms with Gasteiger partial charge in [0.2, 0.25) is 11.6 Å². The molecule has 202 valence electrons. The number of halogens is 14. The van der Waals surface area contributed by atoms with E-state index in [0.29, 0.717) is 0 Å². The van der Waals surface area contributed by atoms with Crippen molar-refractivity contribution in [1.82, 2.24) is 19.9 Å². The number of ether oxygens (including phenoxy) is 2. The number of nitrogens with zero attached hydrogens (tertiary/aromatic N) is 4. The van der Waals surface area contributed by atoms with Gasteiger partial charge >= 0.3 is 36.0 Å². The molecule has 2 aromatic heterocycles. The van der Waals surface area contributed by atoms with Crippen LogP contribution in [0.3, 0.4) is 0 Å². The van der Waals surface area contributed by atoms with Crippen molar-refractivity contribution >= 4 is 0 Å². The topological polar surface area (TPSA) is 70.0 Å². The van der Waals surface area contributed by atoms with Crippen LogP contribution in [0.15, 0.2) is 24.8 Å². The van der Waals surface area contributed by atoms with Gasteiger partial charge in [0.05, 0.1) is 24.8 Å². The van der Waals surface area contributed by atoms with E-state index in [1.807, 2.05) is 0 Å². The molecule has 0 bridgehead atoms. The molecular weight excluding hydrogens is 546 g/mol. The van der Waals surface area contributed by atoms with E-state index in [2.05, 4.69) is 29.4 Å². The fraction of sp³-hybridized carbons (Fsp3) is 0.500. The maximum absolute atomic E-state index is 14.2. The first-order valence-electron chi connectivity index (χ1n) is 8.67. The zero-order chi connectivity index (χ0) is 27.8. The van der Waals surface area contributed by atoms with Crippen LogP contribution in [0.1, 0.15) is 11.6 Å². The lowest BCUT2D eigenvalue weighted by molar-refractivity contribution is -0.377. The van der Waals surface area contributed by atoms with Gasteiger partial charge in [-0.3, -0.25) is 0 Å². The minimum atomic E-state index is -6.98. The Morgan fingerprint density at radius 1 is 0.472 bits per heavy atom. The molecule has 2 heterocycles. The standard InChI is InChI=1S/C16H8F14N4O2/c17-11(18,19)5-35-7-1-31-9(32-2-7)13(23,24)15(27,28)16(29,30)14(25,26)10-33-3-8(4-34-10)36-6-12(20,21)22/h1-4H,5-6H2. The summed E-state index contributed by atoms with van der Waals surface area (Å²) in [6, 6.07) is 0. The highest BCUT2D eigenvalue weighted by atomic mass is 19.4. The molecule has 0 fully saturated rings. The molecule has 36 heavy (non-hydrogen) atoms. The Balaban J connectivity index is 2.31. The summed E-state index contributed by atoms with van der Waals surface area (Å²) in [5, 5.41) is 0. The van der Waals surface area contributed by atoms with Crippen LogP contribution in [0.2, 0.25) is 0 Å². The first kappa shape index (κ1) is 29.0. The minimum Gasteiger partial charge on any atom is -0.481 e. The highest BCUT2D eigenvalue weighted by Crippen LogP contribution is 2.58. The zero-order valence-corrected chi connectivity index (χ0v) is 16.6. The van der Waals surface area contributed by atoms with Crippen molar-refractivity contribution in [2.24, 2.45) is 0 Å². The van der Waals surface area contributed by atoms with Crippen LogP contribution >= 0.6 is 0 Å². The molecule has 0 spiro atoms. The third-order valence-electron chi connectivity index (χ3n) is 3.81. The first-order valence-corrected chi connectivity index (χ1v) is 8.67. The second-order valence-electron chi connectivity index (χ2n) is 6.59. The average Bonchev–Trinajstić information content (AvgIpc) is 2.75. The second-order valence-corrected chi connectivity index (χ2v) is 6.59. The smallest absolute Gasteiger partial charge is 0.422 e. The van der Waals surface area contributed by atoms with E-state index in [0.717, 1.165) is 0 Å². The zero-order valence-electron chi connectivity index (χ0n) is 16.6. The molecule has 2 aromatic rings. The van der Waals surface area contributed by atoms with Gasteiger partial charge in [0.1, 0.15) is 0 Å². The summed E-state index contributed by atoms with van der Waals surface area (Å²) >= 11 is 0. The maximum atomic E-state index is 14.2. The monoisotopic (exact) mass is 554 g/mol. The fourth-order valence-corrected chi connectivity index (χ4v) is 2.11. The molecule has 0 unspecified atom stereocenters. The quantitative estimate of drug-likeness (QED) is 0.392. The lowest BCUT2D eigenvalue weighted by Crippen LogP contribution is -2.60. The van der Waals surface area contributed by atoms with E-state index in [4.69, 9.17) is 0 Å². The molecular formula is C16H8F14N4O2. The Hall–Kier alpha value is -3.22. The summed E-state index contributed by atoms with van der Waals surface area (Å²) in [6.07, 6.45) is -9.97. The van der Waals surface area contributed by atoms with E-state index < -0.39 is 72.4 Å². The number of alkyl halides is 14. The van der Waals surface area contributed by atoms with Gasteiger partial charge in [-0.25, -0.2) is 19.9 Å². The molecule has 0 amide bonds. The lowest BCUT2D eigenvalue weighted by atomic mass is 9.97. The molecule has 6 nitrogen and oxygen atoms in total. The van der Waals surface area contributed by atoms with Crippen molar-refractivity contribution in [3.8, 4) is 11.5 Å². The number of rotatable bonds is 9. The molecule has 0 aliphatic heterocycles. The van der Waals surface area contributed by atoms with Crippen molar-refractivity contribution in [3.05, 3.63) is 36.4 Å². The molecule has 0 aromatic carbocycles. The van der Waals surface area contributed by atoms with Crippen LogP contribution in [-0.2, 0) is 11.8 Å². The Morgan fingerprint density at radius 3 is 0.944 bits per heavy atom. The van der Waals surface area contributed by atoms with E-state index in [1.54, 1.807) is 0 Å². The summed E-state index contributed by atoms with van der Waals surface area (Å²) in [5.41, 5.74) is 0. The summed E-state index contributed by atoms with van der Waals surface area (Å²) in [5.74, 6) is -33.4. The molecule has 0 radical (unpaired) electrons. The molecule has 20 heteroatoms. The van der Waals surface area contributed by atoms with Crippen LogP contribution in [0.5, 0.6) is 11.5 Å². The van der Waals surface area contributed by atoms with Crippen molar-refractivity contribution in [3.63, 3.8) is 0 Å². The maximum Gasteiger partial charge on any atom is 0.422 e. The van der Waals surface area contributed by atoms with Crippen molar-refractivity contribution < 1.29 is 70.9 Å². The van der Waals surface area contributed by atoms with Gasteiger partial charge in [0, 0.05) is 0 Å². The Kier molecular flexibility index (Phi) is 7.53. The van der Waals surface area contributed by atoms with Crippen LogP contribution in [0, 0.1) is 0 Å². The van der Waals surface area contributed by atoms with Gasteiger partial charge in [0.15, 0.2) is 24.7 Å². The molecule has 0 atom stereocenters. The highest BCUT2D eigenvalue weighted by Gasteiger charge is 2.83. The number of hydrogen-bond donors (Lipinski definition) is 0. The number of aromatic nitrogens is 4. The van der Waals surface area contributed by atoms with Crippen molar-refractivity contribution in [2.45, 2.75) is 36.0 Å². The predicted molar refractivity (Wildman–Crippen MR) is 84.8 cm³/mol. The average molecular weight is 554 g/mol. The van der Waals surface area contributed by atoms with Gasteiger partial charge in [-0.2, -0.15) is 61.5 Å². The van der Waals surface area contributed by atoms with Gasteiger partial charge in [-0.05, 0) is 0 Å². The third kappa shape index (κ3) is 5.94. The summed E-state index contributed by atoms with van der Waals surface area (Å²) in [6.45, 7) is -3.99. The molecule has 0 saturated heterocycles. The summed E-state index contributed by atoms with van der Waals surface area (Å²) in [4.78, 5) is 9.94. The molecule has 2 rings (SSSR count). The summed E-state index contributed by atoms with van der Waals surface area (Å²) < 4.78 is 194. The van der Waals surface area contributed by atoms with Crippen LogP contribution < -0.4 is 9.47 Å². The second kappa shape index (κ2) is 9.34. The van der Waals surface area contributed by atoms with E-state index in [1.165, 1.54) is 0 Å². The minimum absolute atomic E-state index is 0.0306.